The smallest absolute Gasteiger partial charge is 0.303 e. The molecule has 1 saturated heterocycles. The summed E-state index contributed by atoms with van der Waals surface area (Å²) in [5.74, 6) is 0.729. The average Bonchev–Trinajstić information content (AvgIpc) is 2.90. The van der Waals surface area contributed by atoms with Gasteiger partial charge < -0.3 is 19.3 Å². The van der Waals surface area contributed by atoms with Crippen molar-refractivity contribution in [3.05, 3.63) is 59.7 Å². The minimum Gasteiger partial charge on any atom is -0.496 e. The van der Waals surface area contributed by atoms with Gasteiger partial charge in [-0.15, -0.1) is 0 Å². The molecule has 0 atom stereocenters. The Hall–Kier alpha value is -3.09. The molecule has 0 unspecified atom stereocenters. The molecule has 1 heterocycles. The van der Waals surface area contributed by atoms with Gasteiger partial charge in [0.05, 0.1) is 19.3 Å². The third-order valence-electron chi connectivity index (χ3n) is 6.82. The van der Waals surface area contributed by atoms with E-state index < -0.39 is 5.97 Å². The molecule has 0 amide bonds. The van der Waals surface area contributed by atoms with Crippen molar-refractivity contribution in [2.24, 2.45) is 0 Å². The van der Waals surface area contributed by atoms with Gasteiger partial charge in [0, 0.05) is 19.6 Å². The van der Waals surface area contributed by atoms with E-state index in [1.54, 1.807) is 7.11 Å². The number of piperidine rings is 1. The molecule has 0 radical (unpaired) electrons. The maximum absolute atomic E-state index is 11.2. The van der Waals surface area contributed by atoms with Crippen molar-refractivity contribution in [1.82, 2.24) is 4.90 Å². The summed E-state index contributed by atoms with van der Waals surface area (Å²) in [6.07, 6.45) is 4.41. The third kappa shape index (κ3) is 6.37. The number of benzene rings is 3. The highest BCUT2D eigenvalue weighted by molar-refractivity contribution is 6.01. The summed E-state index contributed by atoms with van der Waals surface area (Å²) < 4.78 is 18.0. The molecule has 1 aliphatic rings. The predicted octanol–water partition coefficient (Wildman–Crippen LogP) is 5.93. The van der Waals surface area contributed by atoms with Gasteiger partial charge in [0.15, 0.2) is 0 Å². The second-order valence-corrected chi connectivity index (χ2v) is 9.27. The molecule has 192 valence electrons. The minimum absolute atomic E-state index is 0.101. The molecular weight excluding hydrogens is 454 g/mol. The normalized spacial score (nSPS) is 14.2. The number of carboxylic acids is 1. The topological polar surface area (TPSA) is 68.2 Å². The summed E-state index contributed by atoms with van der Waals surface area (Å²) in [7, 11) is 1.68. The maximum atomic E-state index is 11.2. The Kier molecular flexibility index (Phi) is 9.20. The van der Waals surface area contributed by atoms with E-state index in [1.165, 1.54) is 19.3 Å². The van der Waals surface area contributed by atoms with E-state index in [1.807, 2.05) is 31.2 Å². The zero-order valence-electron chi connectivity index (χ0n) is 21.4. The van der Waals surface area contributed by atoms with E-state index in [-0.39, 0.29) is 6.42 Å². The number of hydrogen-bond donors (Lipinski definition) is 1. The van der Waals surface area contributed by atoms with Gasteiger partial charge in [-0.25, -0.2) is 0 Å². The lowest BCUT2D eigenvalue weighted by molar-refractivity contribution is -0.136. The molecule has 1 N–H and O–H groups in total. The standard InChI is InChI=1S/C30H37NO5/c1-3-35-21-22-19-27(34-2)30(28(20-22)36-18-17-31-15-5-4-6-16-31)26-12-8-10-24-23(13-14-29(32)33)9-7-11-25(24)26/h7-12,19-20H,3-6,13-18,21H2,1-2H3,(H,32,33). The summed E-state index contributed by atoms with van der Waals surface area (Å²) in [6, 6.07) is 16.3. The number of aliphatic carboxylic acids is 1. The Morgan fingerprint density at radius 3 is 2.50 bits per heavy atom. The summed E-state index contributed by atoms with van der Waals surface area (Å²) in [6.45, 7) is 6.87. The van der Waals surface area contributed by atoms with E-state index in [0.29, 0.717) is 26.2 Å². The fourth-order valence-electron chi connectivity index (χ4n) is 5.01. The summed E-state index contributed by atoms with van der Waals surface area (Å²) >= 11 is 0. The van der Waals surface area contributed by atoms with E-state index in [2.05, 4.69) is 29.2 Å². The van der Waals surface area contributed by atoms with Gasteiger partial charge in [-0.05, 0) is 78.9 Å². The number of fused-ring (bicyclic) bond motifs is 1. The molecule has 3 aromatic carbocycles. The van der Waals surface area contributed by atoms with Crippen molar-refractivity contribution >= 4 is 16.7 Å². The number of hydrogen-bond acceptors (Lipinski definition) is 5. The molecule has 0 aliphatic carbocycles. The van der Waals surface area contributed by atoms with Gasteiger partial charge in [-0.2, -0.15) is 0 Å². The van der Waals surface area contributed by atoms with E-state index >= 15 is 0 Å². The summed E-state index contributed by atoms with van der Waals surface area (Å²) in [5.41, 5.74) is 3.96. The number of nitrogens with zero attached hydrogens (tertiary/aromatic N) is 1. The van der Waals surface area contributed by atoms with Gasteiger partial charge in [-0.3, -0.25) is 9.69 Å². The van der Waals surface area contributed by atoms with E-state index in [4.69, 9.17) is 14.2 Å². The number of likely N-dealkylation sites (tertiary alicyclic amines) is 1. The van der Waals surface area contributed by atoms with Gasteiger partial charge in [0.1, 0.15) is 18.1 Å². The molecule has 6 nitrogen and oxygen atoms in total. The largest absolute Gasteiger partial charge is 0.496 e. The fraction of sp³-hybridized carbons (Fsp3) is 0.433. The van der Waals surface area contributed by atoms with Crippen LogP contribution in [0.4, 0.5) is 0 Å². The van der Waals surface area contributed by atoms with Crippen molar-refractivity contribution in [2.75, 3.05) is 40.0 Å². The Labute approximate surface area is 213 Å². The van der Waals surface area contributed by atoms with Crippen LogP contribution in [0, 0.1) is 0 Å². The Bertz CT molecular complexity index is 1170. The van der Waals surface area contributed by atoms with E-state index in [9.17, 15) is 9.90 Å². The number of carbonyl (C=O) groups is 1. The van der Waals surface area contributed by atoms with Crippen LogP contribution in [0.3, 0.4) is 0 Å². The van der Waals surface area contributed by atoms with Gasteiger partial charge in [-0.1, -0.05) is 42.8 Å². The second kappa shape index (κ2) is 12.7. The van der Waals surface area contributed by atoms with Crippen molar-refractivity contribution < 1.29 is 24.1 Å². The Morgan fingerprint density at radius 1 is 1.00 bits per heavy atom. The number of ether oxygens (including phenoxy) is 3. The van der Waals surface area contributed by atoms with Gasteiger partial charge in [0.25, 0.3) is 0 Å². The SMILES string of the molecule is CCOCc1cc(OC)c(-c2cccc3c(CCC(=O)O)cccc23)c(OCCN2CCCCC2)c1. The maximum Gasteiger partial charge on any atom is 0.303 e. The first-order valence-electron chi connectivity index (χ1n) is 13.0. The van der Waals surface area contributed by atoms with Gasteiger partial charge >= 0.3 is 5.97 Å². The number of carboxylic acid groups (broad SMARTS) is 1. The lowest BCUT2D eigenvalue weighted by atomic mass is 9.92. The van der Waals surface area contributed by atoms with Crippen LogP contribution in [0.2, 0.25) is 0 Å². The van der Waals surface area contributed by atoms with E-state index in [0.717, 1.165) is 64.2 Å². The van der Waals surface area contributed by atoms with Crippen LogP contribution in [0.5, 0.6) is 11.5 Å². The van der Waals surface area contributed by atoms with Crippen LogP contribution in [0.25, 0.3) is 21.9 Å². The highest BCUT2D eigenvalue weighted by atomic mass is 16.5. The van der Waals surface area contributed by atoms with Crippen LogP contribution in [-0.2, 0) is 22.6 Å². The minimum atomic E-state index is -0.792. The first-order valence-corrected chi connectivity index (χ1v) is 13.0. The molecule has 1 fully saturated rings. The van der Waals surface area contributed by atoms with Gasteiger partial charge in [0.2, 0.25) is 0 Å². The third-order valence-corrected chi connectivity index (χ3v) is 6.82. The monoisotopic (exact) mass is 491 g/mol. The molecule has 0 saturated carbocycles. The average molecular weight is 492 g/mol. The molecule has 36 heavy (non-hydrogen) atoms. The van der Waals surface area contributed by atoms with Crippen LogP contribution >= 0.6 is 0 Å². The van der Waals surface area contributed by atoms with Crippen LogP contribution < -0.4 is 9.47 Å². The second-order valence-electron chi connectivity index (χ2n) is 9.27. The number of methoxy groups -OCH3 is 1. The van der Waals surface area contributed by atoms with Crippen molar-refractivity contribution in [3.8, 4) is 22.6 Å². The lowest BCUT2D eigenvalue weighted by Crippen LogP contribution is -2.33. The summed E-state index contributed by atoms with van der Waals surface area (Å²) in [4.78, 5) is 13.7. The number of aryl methyl sites for hydroxylation is 1. The first-order chi connectivity index (χ1) is 17.6. The molecule has 0 aromatic heterocycles. The fourth-order valence-corrected chi connectivity index (χ4v) is 5.01. The molecular formula is C30H37NO5. The molecule has 0 bridgehead atoms. The highest BCUT2D eigenvalue weighted by Gasteiger charge is 2.19. The highest BCUT2D eigenvalue weighted by Crippen LogP contribution is 2.43. The van der Waals surface area contributed by atoms with Crippen LogP contribution in [-0.4, -0.2) is 55.9 Å². The quantitative estimate of drug-likeness (QED) is 0.339. The van der Waals surface area contributed by atoms with Crippen molar-refractivity contribution in [3.63, 3.8) is 0 Å². The molecule has 1 aliphatic heterocycles. The Morgan fingerprint density at radius 2 is 1.75 bits per heavy atom. The lowest BCUT2D eigenvalue weighted by Gasteiger charge is -2.26. The predicted molar refractivity (Wildman–Crippen MR) is 143 cm³/mol. The zero-order chi connectivity index (χ0) is 25.3. The number of rotatable bonds is 12. The Balaban J connectivity index is 1.74. The van der Waals surface area contributed by atoms with Crippen molar-refractivity contribution in [1.29, 1.82) is 0 Å². The molecule has 3 aromatic rings. The van der Waals surface area contributed by atoms with Crippen molar-refractivity contribution in [2.45, 2.75) is 45.6 Å². The molecule has 0 spiro atoms. The van der Waals surface area contributed by atoms with Crippen LogP contribution in [0.15, 0.2) is 48.5 Å². The molecule has 4 rings (SSSR count). The summed E-state index contributed by atoms with van der Waals surface area (Å²) in [5, 5.41) is 11.3. The first kappa shape index (κ1) is 26.0. The molecule has 6 heteroatoms. The zero-order valence-corrected chi connectivity index (χ0v) is 21.4. The van der Waals surface area contributed by atoms with Crippen LogP contribution in [0.1, 0.15) is 43.7 Å².